The molecule has 0 aliphatic carbocycles. The summed E-state index contributed by atoms with van der Waals surface area (Å²) >= 11 is 6.10. The minimum atomic E-state index is -0.162. The molecule has 0 aromatic carbocycles. The third-order valence-electron chi connectivity index (χ3n) is 1.08. The summed E-state index contributed by atoms with van der Waals surface area (Å²) in [7, 11) is 0. The number of halogens is 2. The average molecular weight is 273 g/mol. The zero-order valence-corrected chi connectivity index (χ0v) is 9.03. The number of carbonyl (C=O) groups excluding carboxylic acids is 1. The summed E-state index contributed by atoms with van der Waals surface area (Å²) in [6.07, 6.45) is 3.26. The normalized spacial score (nSPS) is 12.7. The van der Waals surface area contributed by atoms with E-state index in [1.165, 1.54) is 0 Å². The molecule has 1 N–H and O–H groups in total. The molecule has 1 unspecified atom stereocenters. The van der Waals surface area contributed by atoms with Gasteiger partial charge in [-0.05, 0) is 6.42 Å². The fourth-order valence-electron chi connectivity index (χ4n) is 0.579. The number of alkyl halides is 1. The molecule has 2 nitrogen and oxygen atoms in total. The largest absolute Gasteiger partial charge is 0.334 e. The number of nitrogens with one attached hydrogen (secondary N) is 1. The first kappa shape index (κ1) is 10.4. The van der Waals surface area contributed by atoms with Gasteiger partial charge in [0.15, 0.2) is 0 Å². The molecular weight excluding hydrogens is 262 g/mol. The molecule has 0 aliphatic rings. The van der Waals surface area contributed by atoms with Crippen LogP contribution in [0.5, 0.6) is 0 Å². The van der Waals surface area contributed by atoms with Crippen molar-refractivity contribution >= 4 is 36.7 Å². The van der Waals surface area contributed by atoms with Gasteiger partial charge >= 0.3 is 0 Å². The molecule has 0 aliphatic heterocycles. The van der Waals surface area contributed by atoms with Gasteiger partial charge < -0.3 is 5.32 Å². The van der Waals surface area contributed by atoms with E-state index in [0.717, 1.165) is 19.3 Å². The molecule has 0 bridgehead atoms. The van der Waals surface area contributed by atoms with Crippen LogP contribution >= 0.6 is 31.9 Å². The lowest BCUT2D eigenvalue weighted by molar-refractivity contribution is 0.261. The van der Waals surface area contributed by atoms with Crippen LogP contribution in [0.2, 0.25) is 0 Å². The van der Waals surface area contributed by atoms with Crippen LogP contribution in [0.3, 0.4) is 0 Å². The molecule has 0 radical (unpaired) electrons. The molecule has 0 rings (SSSR count). The summed E-state index contributed by atoms with van der Waals surface area (Å²) in [5, 5.41) is 2.67. The molecule has 60 valence electrons. The van der Waals surface area contributed by atoms with Gasteiger partial charge in [-0.15, -0.1) is 0 Å². The number of hydrogen-bond donors (Lipinski definition) is 1. The highest BCUT2D eigenvalue weighted by Gasteiger charge is 2.03. The maximum absolute atomic E-state index is 10.4. The van der Waals surface area contributed by atoms with Crippen molar-refractivity contribution in [2.45, 2.75) is 31.1 Å². The Labute approximate surface area is 78.0 Å². The van der Waals surface area contributed by atoms with Crippen molar-refractivity contribution in [3.8, 4) is 0 Å². The van der Waals surface area contributed by atoms with E-state index >= 15 is 0 Å². The molecule has 1 amide bonds. The highest BCUT2D eigenvalue weighted by molar-refractivity contribution is 9.18. The van der Waals surface area contributed by atoms with Gasteiger partial charge in [-0.1, -0.05) is 35.7 Å². The fourth-order valence-corrected chi connectivity index (χ4v) is 1.69. The van der Waals surface area contributed by atoms with Gasteiger partial charge in [-0.2, -0.15) is 0 Å². The Morgan fingerprint density at radius 3 is 2.70 bits per heavy atom. The standard InChI is InChI=1S/C6H11Br2NO/c1-2-3-4-5(7)9-6(8)10/h5H,2-4H2,1H3,(H,9,10). The second-order valence-electron chi connectivity index (χ2n) is 2.03. The zero-order chi connectivity index (χ0) is 7.98. The van der Waals surface area contributed by atoms with Crippen LogP contribution in [0.15, 0.2) is 0 Å². The zero-order valence-electron chi connectivity index (χ0n) is 5.86. The van der Waals surface area contributed by atoms with Gasteiger partial charge in [0.2, 0.25) is 0 Å². The van der Waals surface area contributed by atoms with Crippen LogP contribution in [-0.2, 0) is 0 Å². The summed E-state index contributed by atoms with van der Waals surface area (Å²) < 4.78 is 0. The van der Waals surface area contributed by atoms with Gasteiger partial charge in [-0.25, -0.2) is 0 Å². The summed E-state index contributed by atoms with van der Waals surface area (Å²) in [5.74, 6) is 0. The van der Waals surface area contributed by atoms with Crippen LogP contribution in [0.4, 0.5) is 4.79 Å². The number of carbonyl (C=O) groups is 1. The molecule has 1 atom stereocenters. The molecule has 0 heterocycles. The average Bonchev–Trinajstić information content (AvgIpc) is 1.82. The van der Waals surface area contributed by atoms with Crippen molar-refractivity contribution in [1.82, 2.24) is 5.32 Å². The van der Waals surface area contributed by atoms with Gasteiger partial charge in [0, 0.05) is 15.9 Å². The molecule has 4 heteroatoms. The lowest BCUT2D eigenvalue weighted by Gasteiger charge is -2.07. The van der Waals surface area contributed by atoms with E-state index in [0.29, 0.717) is 0 Å². The van der Waals surface area contributed by atoms with E-state index in [4.69, 9.17) is 0 Å². The SMILES string of the molecule is CCCCC(Br)NC(=O)Br. The Morgan fingerprint density at radius 2 is 2.30 bits per heavy atom. The van der Waals surface area contributed by atoms with Crippen LogP contribution in [-0.4, -0.2) is 9.77 Å². The van der Waals surface area contributed by atoms with Crippen molar-refractivity contribution in [2.24, 2.45) is 0 Å². The first-order valence-electron chi connectivity index (χ1n) is 3.27. The van der Waals surface area contributed by atoms with Gasteiger partial charge in [0.05, 0.1) is 4.95 Å². The Hall–Kier alpha value is 0.430. The van der Waals surface area contributed by atoms with E-state index < -0.39 is 0 Å². The molecule has 0 aromatic rings. The highest BCUT2D eigenvalue weighted by atomic mass is 79.9. The number of hydrogen-bond acceptors (Lipinski definition) is 1. The quantitative estimate of drug-likeness (QED) is 0.476. The van der Waals surface area contributed by atoms with Crippen molar-refractivity contribution < 1.29 is 4.79 Å². The molecule has 0 aromatic heterocycles. The van der Waals surface area contributed by atoms with E-state index in [2.05, 4.69) is 44.1 Å². The van der Waals surface area contributed by atoms with Gasteiger partial charge in [-0.3, -0.25) is 4.79 Å². The fraction of sp³-hybridized carbons (Fsp3) is 0.833. The highest BCUT2D eigenvalue weighted by Crippen LogP contribution is 2.07. The molecule has 10 heavy (non-hydrogen) atoms. The third kappa shape index (κ3) is 6.55. The Morgan fingerprint density at radius 1 is 1.70 bits per heavy atom. The maximum Gasteiger partial charge on any atom is 0.288 e. The number of rotatable bonds is 4. The smallest absolute Gasteiger partial charge is 0.288 e. The number of unbranched alkanes of at least 4 members (excludes halogenated alkanes) is 1. The molecule has 0 fully saturated rings. The predicted molar refractivity (Wildman–Crippen MR) is 49.7 cm³/mol. The second kappa shape index (κ2) is 6.16. The summed E-state index contributed by atoms with van der Waals surface area (Å²) in [6, 6.07) is 0. The van der Waals surface area contributed by atoms with Crippen LogP contribution < -0.4 is 5.32 Å². The Balaban J connectivity index is 3.25. The van der Waals surface area contributed by atoms with Crippen LogP contribution in [0.25, 0.3) is 0 Å². The van der Waals surface area contributed by atoms with Gasteiger partial charge in [0.25, 0.3) is 4.82 Å². The van der Waals surface area contributed by atoms with Crippen molar-refractivity contribution in [2.75, 3.05) is 0 Å². The Kier molecular flexibility index (Phi) is 6.43. The third-order valence-corrected chi connectivity index (χ3v) is 2.00. The summed E-state index contributed by atoms with van der Waals surface area (Å²) in [6.45, 7) is 2.12. The predicted octanol–water partition coefficient (Wildman–Crippen LogP) is 3.00. The summed E-state index contributed by atoms with van der Waals surface area (Å²) in [5.41, 5.74) is 0. The first-order valence-corrected chi connectivity index (χ1v) is 4.97. The number of amides is 1. The minimum absolute atomic E-state index is 0.110. The Bertz CT molecular complexity index is 108. The molecule has 0 saturated heterocycles. The van der Waals surface area contributed by atoms with E-state index in [1.54, 1.807) is 0 Å². The monoisotopic (exact) mass is 271 g/mol. The topological polar surface area (TPSA) is 29.1 Å². The summed E-state index contributed by atoms with van der Waals surface area (Å²) in [4.78, 5) is 10.3. The second-order valence-corrected chi connectivity index (χ2v) is 3.85. The first-order chi connectivity index (χ1) is 4.66. The lowest BCUT2D eigenvalue weighted by Crippen LogP contribution is -2.24. The maximum atomic E-state index is 10.4. The lowest BCUT2D eigenvalue weighted by atomic mass is 10.2. The van der Waals surface area contributed by atoms with Crippen molar-refractivity contribution in [3.63, 3.8) is 0 Å². The molecule has 0 spiro atoms. The van der Waals surface area contributed by atoms with Crippen LogP contribution in [0.1, 0.15) is 26.2 Å². The van der Waals surface area contributed by atoms with E-state index in [-0.39, 0.29) is 9.77 Å². The molecule has 0 saturated carbocycles. The van der Waals surface area contributed by atoms with Gasteiger partial charge in [0.1, 0.15) is 0 Å². The molecular formula is C6H11Br2NO. The van der Waals surface area contributed by atoms with Crippen molar-refractivity contribution in [1.29, 1.82) is 0 Å². The van der Waals surface area contributed by atoms with E-state index in [1.807, 2.05) is 0 Å². The van der Waals surface area contributed by atoms with Crippen molar-refractivity contribution in [3.05, 3.63) is 0 Å². The van der Waals surface area contributed by atoms with E-state index in [9.17, 15) is 4.79 Å². The minimum Gasteiger partial charge on any atom is -0.334 e. The van der Waals surface area contributed by atoms with Crippen LogP contribution in [0, 0.1) is 0 Å².